The standard InChI is InChI=1S/C38H76O3/c1-4-7-9-11-13-15-17-19-21-23-25-27-29-31-34-39-36-38(41-33-6-3)37-40-35-32-30-28-26-24-22-20-18-16-14-12-10-8-5-2/h6,38H,3-5,7-37H2,1-2H3. The molecule has 0 aromatic rings. The molecule has 0 atom stereocenters. The first-order valence-electron chi connectivity index (χ1n) is 18.7. The molecular weight excluding hydrogens is 504 g/mol. The zero-order valence-electron chi connectivity index (χ0n) is 28.4. The zero-order chi connectivity index (χ0) is 29.7. The Morgan fingerprint density at radius 1 is 0.415 bits per heavy atom. The number of unbranched alkanes of at least 4 members (excludes halogenated alkanes) is 26. The van der Waals surface area contributed by atoms with E-state index in [0.717, 1.165) is 26.1 Å². The van der Waals surface area contributed by atoms with Crippen molar-refractivity contribution in [2.75, 3.05) is 33.0 Å². The van der Waals surface area contributed by atoms with Crippen molar-refractivity contribution >= 4 is 0 Å². The van der Waals surface area contributed by atoms with Crippen LogP contribution in [0.1, 0.15) is 194 Å². The van der Waals surface area contributed by atoms with Gasteiger partial charge in [-0.15, -0.1) is 6.58 Å². The van der Waals surface area contributed by atoms with Gasteiger partial charge in [-0.05, 0) is 12.8 Å². The molecule has 0 aliphatic heterocycles. The third kappa shape index (κ3) is 35.7. The minimum Gasteiger partial charge on any atom is -0.379 e. The summed E-state index contributed by atoms with van der Waals surface area (Å²) < 4.78 is 17.8. The van der Waals surface area contributed by atoms with Gasteiger partial charge < -0.3 is 14.2 Å². The van der Waals surface area contributed by atoms with Gasteiger partial charge in [-0.3, -0.25) is 0 Å². The highest BCUT2D eigenvalue weighted by molar-refractivity contribution is 4.67. The highest BCUT2D eigenvalue weighted by atomic mass is 16.6. The lowest BCUT2D eigenvalue weighted by atomic mass is 10.0. The normalized spacial score (nSPS) is 11.6. The van der Waals surface area contributed by atoms with E-state index in [1.165, 1.54) is 167 Å². The first-order chi connectivity index (χ1) is 20.3. The molecule has 0 bridgehead atoms. The van der Waals surface area contributed by atoms with Crippen LogP contribution in [-0.2, 0) is 14.2 Å². The van der Waals surface area contributed by atoms with Crippen LogP contribution in [0.15, 0.2) is 12.7 Å². The Kier molecular flexibility index (Phi) is 37.3. The summed E-state index contributed by atoms with van der Waals surface area (Å²) in [7, 11) is 0. The van der Waals surface area contributed by atoms with E-state index in [-0.39, 0.29) is 6.10 Å². The van der Waals surface area contributed by atoms with Crippen LogP contribution < -0.4 is 0 Å². The molecule has 246 valence electrons. The van der Waals surface area contributed by atoms with Crippen LogP contribution in [0.2, 0.25) is 0 Å². The summed E-state index contributed by atoms with van der Waals surface area (Å²) >= 11 is 0. The summed E-state index contributed by atoms with van der Waals surface area (Å²) in [6, 6.07) is 0. The van der Waals surface area contributed by atoms with E-state index < -0.39 is 0 Å². The number of ether oxygens (including phenoxy) is 3. The fourth-order valence-corrected chi connectivity index (χ4v) is 5.58. The average Bonchev–Trinajstić information content (AvgIpc) is 2.98. The minimum absolute atomic E-state index is 0.0197. The highest BCUT2D eigenvalue weighted by Gasteiger charge is 2.09. The molecule has 0 heterocycles. The van der Waals surface area contributed by atoms with Crippen molar-refractivity contribution in [2.45, 2.75) is 200 Å². The highest BCUT2D eigenvalue weighted by Crippen LogP contribution is 2.14. The second-order valence-corrected chi connectivity index (χ2v) is 12.6. The molecule has 0 rings (SSSR count). The fourth-order valence-electron chi connectivity index (χ4n) is 5.58. The molecule has 0 saturated carbocycles. The second kappa shape index (κ2) is 37.6. The third-order valence-electron chi connectivity index (χ3n) is 8.34. The third-order valence-corrected chi connectivity index (χ3v) is 8.34. The molecule has 0 amide bonds. The molecule has 0 fully saturated rings. The summed E-state index contributed by atoms with van der Waals surface area (Å²) in [6.45, 7) is 11.9. The molecule has 0 aliphatic carbocycles. The number of hydrogen-bond acceptors (Lipinski definition) is 3. The Hall–Kier alpha value is -0.380. The fraction of sp³-hybridized carbons (Fsp3) is 0.947. The Morgan fingerprint density at radius 3 is 0.951 bits per heavy atom. The van der Waals surface area contributed by atoms with Crippen LogP contribution in [0.4, 0.5) is 0 Å². The SMILES string of the molecule is C=CCOC(COCCCCCCCCCCCCCCCC)COCCCCCCCCCCCCCCCC. The summed E-state index contributed by atoms with van der Waals surface area (Å²) in [6.07, 6.45) is 40.7. The Balaban J connectivity index is 3.45. The first kappa shape index (κ1) is 40.6. The van der Waals surface area contributed by atoms with Crippen molar-refractivity contribution in [3.8, 4) is 0 Å². The van der Waals surface area contributed by atoms with Crippen LogP contribution in [-0.4, -0.2) is 39.1 Å². The largest absolute Gasteiger partial charge is 0.379 e. The zero-order valence-corrected chi connectivity index (χ0v) is 28.4. The van der Waals surface area contributed by atoms with E-state index in [9.17, 15) is 0 Å². The monoisotopic (exact) mass is 581 g/mol. The van der Waals surface area contributed by atoms with Gasteiger partial charge >= 0.3 is 0 Å². The van der Waals surface area contributed by atoms with Gasteiger partial charge in [-0.2, -0.15) is 0 Å². The smallest absolute Gasteiger partial charge is 0.104 e. The molecule has 0 unspecified atom stereocenters. The van der Waals surface area contributed by atoms with E-state index in [1.807, 2.05) is 6.08 Å². The molecule has 0 aromatic heterocycles. The van der Waals surface area contributed by atoms with Crippen molar-refractivity contribution in [3.05, 3.63) is 12.7 Å². The van der Waals surface area contributed by atoms with E-state index in [1.54, 1.807) is 0 Å². The second-order valence-electron chi connectivity index (χ2n) is 12.6. The van der Waals surface area contributed by atoms with Crippen molar-refractivity contribution in [1.29, 1.82) is 0 Å². The van der Waals surface area contributed by atoms with Gasteiger partial charge in [0.1, 0.15) is 6.10 Å². The molecule has 0 aliphatic rings. The van der Waals surface area contributed by atoms with Gasteiger partial charge in [0.15, 0.2) is 0 Å². The maximum absolute atomic E-state index is 5.94. The van der Waals surface area contributed by atoms with E-state index in [2.05, 4.69) is 20.4 Å². The van der Waals surface area contributed by atoms with Crippen LogP contribution >= 0.6 is 0 Å². The topological polar surface area (TPSA) is 27.7 Å². The molecule has 0 N–H and O–H groups in total. The molecule has 3 heteroatoms. The van der Waals surface area contributed by atoms with Crippen molar-refractivity contribution in [1.82, 2.24) is 0 Å². The van der Waals surface area contributed by atoms with E-state index in [0.29, 0.717) is 19.8 Å². The van der Waals surface area contributed by atoms with E-state index >= 15 is 0 Å². The Labute approximate surface area is 259 Å². The predicted octanol–water partition coefficient (Wildman–Crippen LogP) is 12.6. The van der Waals surface area contributed by atoms with Gasteiger partial charge in [0.2, 0.25) is 0 Å². The van der Waals surface area contributed by atoms with Gasteiger partial charge in [0.25, 0.3) is 0 Å². The maximum atomic E-state index is 5.94. The lowest BCUT2D eigenvalue weighted by Gasteiger charge is -2.17. The molecule has 41 heavy (non-hydrogen) atoms. The molecular formula is C38H76O3. The molecule has 0 aromatic carbocycles. The van der Waals surface area contributed by atoms with Crippen LogP contribution in [0.5, 0.6) is 0 Å². The molecule has 0 saturated heterocycles. The maximum Gasteiger partial charge on any atom is 0.104 e. The van der Waals surface area contributed by atoms with Crippen molar-refractivity contribution in [2.24, 2.45) is 0 Å². The molecule has 0 radical (unpaired) electrons. The summed E-state index contributed by atoms with van der Waals surface area (Å²) in [5.41, 5.74) is 0. The summed E-state index contributed by atoms with van der Waals surface area (Å²) in [5, 5.41) is 0. The van der Waals surface area contributed by atoms with Gasteiger partial charge in [-0.1, -0.05) is 187 Å². The quantitative estimate of drug-likeness (QED) is 0.0540. The molecule has 0 spiro atoms. The summed E-state index contributed by atoms with van der Waals surface area (Å²) in [5.74, 6) is 0. The lowest BCUT2D eigenvalue weighted by molar-refractivity contribution is -0.0526. The van der Waals surface area contributed by atoms with E-state index in [4.69, 9.17) is 14.2 Å². The van der Waals surface area contributed by atoms with Crippen molar-refractivity contribution < 1.29 is 14.2 Å². The summed E-state index contributed by atoms with van der Waals surface area (Å²) in [4.78, 5) is 0. The molecule has 3 nitrogen and oxygen atoms in total. The van der Waals surface area contributed by atoms with Gasteiger partial charge in [-0.25, -0.2) is 0 Å². The van der Waals surface area contributed by atoms with Gasteiger partial charge in [0, 0.05) is 13.2 Å². The van der Waals surface area contributed by atoms with Crippen LogP contribution in [0.3, 0.4) is 0 Å². The predicted molar refractivity (Wildman–Crippen MR) is 182 cm³/mol. The average molecular weight is 581 g/mol. The lowest BCUT2D eigenvalue weighted by Crippen LogP contribution is -2.26. The van der Waals surface area contributed by atoms with Crippen LogP contribution in [0, 0.1) is 0 Å². The van der Waals surface area contributed by atoms with Gasteiger partial charge in [0.05, 0.1) is 19.8 Å². The number of hydrogen-bond donors (Lipinski definition) is 0. The minimum atomic E-state index is 0.0197. The van der Waals surface area contributed by atoms with Crippen LogP contribution in [0.25, 0.3) is 0 Å². The Bertz CT molecular complexity index is 430. The van der Waals surface area contributed by atoms with Crippen molar-refractivity contribution in [3.63, 3.8) is 0 Å². The Morgan fingerprint density at radius 2 is 0.683 bits per heavy atom. The number of rotatable bonds is 37. The first-order valence-corrected chi connectivity index (χ1v) is 18.7.